The Hall–Kier alpha value is -2.59. The van der Waals surface area contributed by atoms with Crippen LogP contribution >= 0.6 is 11.3 Å². The van der Waals surface area contributed by atoms with Crippen molar-refractivity contribution in [1.82, 2.24) is 9.38 Å². The Balaban J connectivity index is 1.93. The highest BCUT2D eigenvalue weighted by molar-refractivity contribution is 7.15. The van der Waals surface area contributed by atoms with Gasteiger partial charge in [-0.1, -0.05) is 84.0 Å². The van der Waals surface area contributed by atoms with Gasteiger partial charge in [0.25, 0.3) is 0 Å². The smallest absolute Gasteiger partial charge is 0.233 e. The van der Waals surface area contributed by atoms with Gasteiger partial charge in [-0.25, -0.2) is 4.98 Å². The topological polar surface area (TPSA) is 26.5 Å². The molecule has 4 heteroatoms. The normalized spacial score (nSPS) is 11.9. The van der Waals surface area contributed by atoms with Crippen molar-refractivity contribution in [2.75, 3.05) is 0 Å². The molecule has 0 aliphatic heterocycles. The summed E-state index contributed by atoms with van der Waals surface area (Å²) in [5, 5.41) is 2.05. The summed E-state index contributed by atoms with van der Waals surface area (Å²) in [6.45, 7) is 13.5. The number of fused-ring (bicyclic) bond motifs is 1. The van der Waals surface area contributed by atoms with Crippen molar-refractivity contribution in [2.24, 2.45) is 0 Å². The molecule has 0 aliphatic rings. The number of benzene rings is 2. The van der Waals surface area contributed by atoms with Crippen molar-refractivity contribution in [3.8, 4) is 22.9 Å². The van der Waals surface area contributed by atoms with E-state index in [1.165, 1.54) is 16.7 Å². The summed E-state index contributed by atoms with van der Waals surface area (Å²) in [6, 6.07) is 14.9. The average molecular weight is 419 g/mol. The minimum absolute atomic E-state index is 0.363. The molecule has 0 N–H and O–H groups in total. The Bertz CT molecular complexity index is 1120. The van der Waals surface area contributed by atoms with E-state index in [1.807, 2.05) is 24.4 Å². The van der Waals surface area contributed by atoms with E-state index in [9.17, 15) is 0 Å². The standard InChI is InChI=1S/C26H30N2OS/c1-16(2)20-14-21(17(3)4)24(22(15-20)18(5)6)29-25-23(19-10-8-7-9-11-19)27-26-28(25)12-13-30-26/h7-18H,1-6H3. The zero-order chi connectivity index (χ0) is 21.4. The fraction of sp³-hybridized carbons (Fsp3) is 0.346. The van der Waals surface area contributed by atoms with Gasteiger partial charge in [0.05, 0.1) is 0 Å². The predicted octanol–water partition coefficient (Wildman–Crippen LogP) is 8.23. The van der Waals surface area contributed by atoms with E-state index in [0.29, 0.717) is 17.8 Å². The van der Waals surface area contributed by atoms with Crippen molar-refractivity contribution < 1.29 is 4.74 Å². The molecule has 0 radical (unpaired) electrons. The van der Waals surface area contributed by atoms with E-state index < -0.39 is 0 Å². The number of ether oxygens (including phenoxy) is 1. The first-order valence-electron chi connectivity index (χ1n) is 10.7. The third-order valence-electron chi connectivity index (χ3n) is 5.54. The monoisotopic (exact) mass is 418 g/mol. The second-order valence-corrected chi connectivity index (χ2v) is 9.65. The SMILES string of the molecule is CC(C)c1cc(C(C)C)c(Oc2c(-c3ccccc3)nc3sccn23)c(C(C)C)c1. The predicted molar refractivity (Wildman–Crippen MR) is 127 cm³/mol. The Morgan fingerprint density at radius 1 is 0.867 bits per heavy atom. The van der Waals surface area contributed by atoms with E-state index in [2.05, 4.69) is 75.6 Å². The molecule has 0 fully saturated rings. The summed E-state index contributed by atoms with van der Waals surface area (Å²) >= 11 is 1.63. The summed E-state index contributed by atoms with van der Waals surface area (Å²) in [6.07, 6.45) is 2.04. The number of hydrogen-bond acceptors (Lipinski definition) is 3. The molecule has 0 aliphatic carbocycles. The Kier molecular flexibility index (Phi) is 5.70. The molecular weight excluding hydrogens is 388 g/mol. The van der Waals surface area contributed by atoms with Crippen LogP contribution in [0.25, 0.3) is 16.2 Å². The Labute approximate surface area is 183 Å². The van der Waals surface area contributed by atoms with Crippen LogP contribution in [-0.2, 0) is 0 Å². The van der Waals surface area contributed by atoms with Crippen LogP contribution < -0.4 is 4.74 Å². The van der Waals surface area contributed by atoms with Crippen molar-refractivity contribution >= 4 is 16.3 Å². The lowest BCUT2D eigenvalue weighted by Gasteiger charge is -2.22. The zero-order valence-corrected chi connectivity index (χ0v) is 19.5. The van der Waals surface area contributed by atoms with Gasteiger partial charge in [-0.05, 0) is 34.4 Å². The highest BCUT2D eigenvalue weighted by atomic mass is 32.1. The average Bonchev–Trinajstić information content (AvgIpc) is 3.30. The molecule has 2 heterocycles. The third-order valence-corrected chi connectivity index (χ3v) is 6.30. The molecule has 30 heavy (non-hydrogen) atoms. The highest BCUT2D eigenvalue weighted by Crippen LogP contribution is 2.43. The fourth-order valence-electron chi connectivity index (χ4n) is 3.75. The lowest BCUT2D eigenvalue weighted by atomic mass is 9.88. The fourth-order valence-corrected chi connectivity index (χ4v) is 4.46. The van der Waals surface area contributed by atoms with Gasteiger partial charge in [-0.15, -0.1) is 11.3 Å². The number of aromatic nitrogens is 2. The highest BCUT2D eigenvalue weighted by Gasteiger charge is 2.23. The van der Waals surface area contributed by atoms with Crippen LogP contribution in [0, 0.1) is 0 Å². The first-order valence-corrected chi connectivity index (χ1v) is 11.6. The van der Waals surface area contributed by atoms with Crippen LogP contribution in [0.3, 0.4) is 0 Å². The lowest BCUT2D eigenvalue weighted by molar-refractivity contribution is 0.443. The maximum Gasteiger partial charge on any atom is 0.233 e. The number of hydrogen-bond donors (Lipinski definition) is 0. The Morgan fingerprint density at radius 3 is 2.07 bits per heavy atom. The molecule has 0 saturated carbocycles. The summed E-state index contributed by atoms with van der Waals surface area (Å²) in [4.78, 5) is 5.83. The molecule has 4 rings (SSSR count). The summed E-state index contributed by atoms with van der Waals surface area (Å²) in [5.41, 5.74) is 5.84. The summed E-state index contributed by atoms with van der Waals surface area (Å²) in [5.74, 6) is 2.98. The molecule has 0 saturated heterocycles. The minimum Gasteiger partial charge on any atom is -0.437 e. The quantitative estimate of drug-likeness (QED) is 0.315. The van der Waals surface area contributed by atoms with Crippen molar-refractivity contribution in [2.45, 2.75) is 59.3 Å². The van der Waals surface area contributed by atoms with E-state index in [4.69, 9.17) is 9.72 Å². The molecule has 2 aromatic heterocycles. The van der Waals surface area contributed by atoms with Gasteiger partial charge in [-0.3, -0.25) is 4.40 Å². The van der Waals surface area contributed by atoms with Gasteiger partial charge in [0.2, 0.25) is 5.88 Å². The molecule has 156 valence electrons. The Morgan fingerprint density at radius 2 is 1.50 bits per heavy atom. The van der Waals surface area contributed by atoms with Gasteiger partial charge in [-0.2, -0.15) is 0 Å². The van der Waals surface area contributed by atoms with E-state index in [-0.39, 0.29) is 0 Å². The van der Waals surface area contributed by atoms with Crippen molar-refractivity contribution in [3.05, 3.63) is 70.7 Å². The second-order valence-electron chi connectivity index (χ2n) is 8.78. The molecule has 0 unspecified atom stereocenters. The third kappa shape index (κ3) is 3.77. The molecule has 0 bridgehead atoms. The number of imidazole rings is 1. The number of nitrogens with zero attached hydrogens (tertiary/aromatic N) is 2. The van der Waals surface area contributed by atoms with Gasteiger partial charge < -0.3 is 4.74 Å². The van der Waals surface area contributed by atoms with Crippen LogP contribution in [0.15, 0.2) is 54.0 Å². The van der Waals surface area contributed by atoms with Crippen LogP contribution in [0.2, 0.25) is 0 Å². The van der Waals surface area contributed by atoms with Crippen LogP contribution in [0.1, 0.15) is 76.0 Å². The first kappa shape index (κ1) is 20.7. The maximum absolute atomic E-state index is 6.80. The minimum atomic E-state index is 0.363. The van der Waals surface area contributed by atoms with Gasteiger partial charge >= 0.3 is 0 Å². The van der Waals surface area contributed by atoms with Gasteiger partial charge in [0, 0.05) is 17.1 Å². The van der Waals surface area contributed by atoms with Gasteiger partial charge in [0.1, 0.15) is 11.4 Å². The first-order chi connectivity index (χ1) is 14.4. The summed E-state index contributed by atoms with van der Waals surface area (Å²) < 4.78 is 8.87. The lowest BCUT2D eigenvalue weighted by Crippen LogP contribution is -2.05. The van der Waals surface area contributed by atoms with Crippen LogP contribution in [0.5, 0.6) is 11.6 Å². The van der Waals surface area contributed by atoms with E-state index >= 15 is 0 Å². The molecule has 3 nitrogen and oxygen atoms in total. The van der Waals surface area contributed by atoms with Crippen molar-refractivity contribution in [1.29, 1.82) is 0 Å². The number of thiazole rings is 1. The largest absolute Gasteiger partial charge is 0.437 e. The zero-order valence-electron chi connectivity index (χ0n) is 18.6. The number of rotatable bonds is 6. The van der Waals surface area contributed by atoms with Crippen molar-refractivity contribution in [3.63, 3.8) is 0 Å². The van der Waals surface area contributed by atoms with Crippen LogP contribution in [-0.4, -0.2) is 9.38 Å². The second kappa shape index (κ2) is 8.27. The molecule has 2 aromatic carbocycles. The molecular formula is C26H30N2OS. The molecule has 0 amide bonds. The van der Waals surface area contributed by atoms with E-state index in [0.717, 1.165) is 27.8 Å². The maximum atomic E-state index is 6.80. The van der Waals surface area contributed by atoms with Gasteiger partial charge in [0.15, 0.2) is 4.96 Å². The van der Waals surface area contributed by atoms with Crippen LogP contribution in [0.4, 0.5) is 0 Å². The summed E-state index contributed by atoms with van der Waals surface area (Å²) in [7, 11) is 0. The molecule has 0 spiro atoms. The molecule has 4 aromatic rings. The molecule has 0 atom stereocenters. The van der Waals surface area contributed by atoms with E-state index in [1.54, 1.807) is 11.3 Å².